The van der Waals surface area contributed by atoms with Gasteiger partial charge in [-0.25, -0.2) is 0 Å². The second kappa shape index (κ2) is 17.3. The van der Waals surface area contributed by atoms with E-state index in [9.17, 15) is 4.79 Å². The summed E-state index contributed by atoms with van der Waals surface area (Å²) >= 11 is 5.72. The molecule has 1 aliphatic rings. The van der Waals surface area contributed by atoms with E-state index < -0.39 is 5.60 Å². The van der Waals surface area contributed by atoms with E-state index in [4.69, 9.17) is 21.7 Å². The van der Waals surface area contributed by atoms with Crippen LogP contribution in [-0.2, 0) is 19.9 Å². The van der Waals surface area contributed by atoms with Gasteiger partial charge in [-0.1, -0.05) is 132 Å². The van der Waals surface area contributed by atoms with Crippen LogP contribution in [0.2, 0.25) is 0 Å². The van der Waals surface area contributed by atoms with E-state index in [-0.39, 0.29) is 23.0 Å². The minimum atomic E-state index is -0.841. The quantitative estimate of drug-likeness (QED) is 0.103. The lowest BCUT2D eigenvalue weighted by atomic mass is 9.75. The van der Waals surface area contributed by atoms with E-state index in [0.29, 0.717) is 6.42 Å². The lowest BCUT2D eigenvalue weighted by Crippen LogP contribution is -2.49. The molecule has 1 atom stereocenters. The van der Waals surface area contributed by atoms with Crippen molar-refractivity contribution >= 4 is 23.3 Å². The molecule has 0 N–H and O–H groups in total. The minimum Gasteiger partial charge on any atom is -0.452 e. The molecule has 0 bridgehead atoms. The second-order valence-electron chi connectivity index (χ2n) is 11.2. The van der Waals surface area contributed by atoms with Crippen LogP contribution >= 0.6 is 12.2 Å². The molecule has 0 aliphatic carbocycles. The van der Waals surface area contributed by atoms with E-state index in [2.05, 4.69) is 51.1 Å². The maximum Gasteiger partial charge on any atom is 0.267 e. The fourth-order valence-corrected chi connectivity index (χ4v) is 6.04. The molecular weight excluding hydrogens is 514 g/mol. The third-order valence-electron chi connectivity index (χ3n) is 7.71. The zero-order valence-corrected chi connectivity index (χ0v) is 25.7. The number of carbonyl (C=O) groups excluding carboxylic acids is 1. The largest absolute Gasteiger partial charge is 0.452 e. The maximum atomic E-state index is 13.5. The van der Waals surface area contributed by atoms with Crippen molar-refractivity contribution in [2.45, 2.75) is 103 Å². The first-order valence-corrected chi connectivity index (χ1v) is 15.8. The first kappa shape index (κ1) is 32.0. The highest BCUT2D eigenvalue weighted by Gasteiger charge is 2.57. The predicted octanol–water partition coefficient (Wildman–Crippen LogP) is 8.98. The number of thiocarbonyl (C=S) groups is 1. The van der Waals surface area contributed by atoms with Crippen molar-refractivity contribution in [3.05, 3.63) is 83.9 Å². The van der Waals surface area contributed by atoms with Gasteiger partial charge in [-0.05, 0) is 43.8 Å². The van der Waals surface area contributed by atoms with Gasteiger partial charge >= 0.3 is 0 Å². The van der Waals surface area contributed by atoms with Gasteiger partial charge in [-0.15, -0.1) is 0 Å². The van der Waals surface area contributed by atoms with Gasteiger partial charge in [0.25, 0.3) is 5.17 Å². The highest BCUT2D eigenvalue weighted by molar-refractivity contribution is 7.80. The number of hydrogen-bond donors (Lipinski definition) is 0. The highest BCUT2D eigenvalue weighted by Crippen LogP contribution is 2.47. The predicted molar refractivity (Wildman–Crippen MR) is 169 cm³/mol. The van der Waals surface area contributed by atoms with Gasteiger partial charge in [0.2, 0.25) is 5.91 Å². The molecule has 0 radical (unpaired) electrons. The normalized spacial score (nSPS) is 16.6. The Morgan fingerprint density at radius 1 is 0.875 bits per heavy atom. The Balaban J connectivity index is 1.49. The van der Waals surface area contributed by atoms with Gasteiger partial charge in [0, 0.05) is 30.8 Å². The van der Waals surface area contributed by atoms with Crippen LogP contribution in [0.25, 0.3) is 0 Å². The van der Waals surface area contributed by atoms with Crippen molar-refractivity contribution in [3.8, 4) is 0 Å². The van der Waals surface area contributed by atoms with Crippen LogP contribution in [0.4, 0.5) is 0 Å². The molecule has 0 aromatic heterocycles. The molecular formula is C35H49NO3S. The van der Waals surface area contributed by atoms with E-state index in [0.717, 1.165) is 43.6 Å². The Morgan fingerprint density at radius 2 is 1.43 bits per heavy atom. The number of nitrogens with zero attached hydrogens (tertiary/aromatic N) is 1. The SMILES string of the molecule is CCCCCCCOCCCCCCC=CCC(=O)N1C(=S)OC(c2ccccc2)(c2ccccc2)C1C(C)C. The van der Waals surface area contributed by atoms with Crippen LogP contribution in [0.15, 0.2) is 72.8 Å². The highest BCUT2D eigenvalue weighted by atomic mass is 32.1. The van der Waals surface area contributed by atoms with Crippen LogP contribution < -0.4 is 0 Å². The molecule has 1 heterocycles. The fraction of sp³-hybridized carbons (Fsp3) is 0.543. The van der Waals surface area contributed by atoms with Crippen LogP contribution in [-0.4, -0.2) is 35.2 Å². The number of benzene rings is 2. The third kappa shape index (κ3) is 8.75. The van der Waals surface area contributed by atoms with Crippen LogP contribution in [0, 0.1) is 5.92 Å². The zero-order chi connectivity index (χ0) is 28.6. The summed E-state index contributed by atoms with van der Waals surface area (Å²) in [5, 5.41) is 0.257. The topological polar surface area (TPSA) is 38.8 Å². The van der Waals surface area contributed by atoms with Crippen molar-refractivity contribution in [2.75, 3.05) is 13.2 Å². The molecule has 1 saturated heterocycles. The summed E-state index contributed by atoms with van der Waals surface area (Å²) in [7, 11) is 0. The smallest absolute Gasteiger partial charge is 0.267 e. The molecule has 4 nitrogen and oxygen atoms in total. The van der Waals surface area contributed by atoms with Crippen molar-refractivity contribution in [1.82, 2.24) is 4.90 Å². The van der Waals surface area contributed by atoms with E-state index in [1.807, 2.05) is 42.5 Å². The van der Waals surface area contributed by atoms with Crippen molar-refractivity contribution in [3.63, 3.8) is 0 Å². The maximum absolute atomic E-state index is 13.5. The molecule has 5 heteroatoms. The average molecular weight is 564 g/mol. The summed E-state index contributed by atoms with van der Waals surface area (Å²) in [6.07, 6.45) is 16.5. The van der Waals surface area contributed by atoms with Gasteiger partial charge in [0.15, 0.2) is 5.60 Å². The number of allylic oxidation sites excluding steroid dienone is 1. The van der Waals surface area contributed by atoms with Gasteiger partial charge in [-0.2, -0.15) is 0 Å². The number of ether oxygens (including phenoxy) is 2. The van der Waals surface area contributed by atoms with Gasteiger partial charge in [0.05, 0.1) is 6.04 Å². The number of unbranched alkanes of at least 4 members (excludes halogenated alkanes) is 8. The number of carbonyl (C=O) groups is 1. The van der Waals surface area contributed by atoms with Gasteiger partial charge in [-0.3, -0.25) is 9.69 Å². The summed E-state index contributed by atoms with van der Waals surface area (Å²) in [6, 6.07) is 20.1. The lowest BCUT2D eigenvalue weighted by Gasteiger charge is -2.38. The Kier molecular flexibility index (Phi) is 13.9. The second-order valence-corrected chi connectivity index (χ2v) is 11.5. The Labute approximate surface area is 248 Å². The summed E-state index contributed by atoms with van der Waals surface area (Å²) in [6.45, 7) is 8.30. The summed E-state index contributed by atoms with van der Waals surface area (Å²) in [5.74, 6) is 0.111. The number of amides is 1. The molecule has 40 heavy (non-hydrogen) atoms. The number of hydrogen-bond acceptors (Lipinski definition) is 4. The molecule has 1 aliphatic heterocycles. The molecule has 1 fully saturated rings. The van der Waals surface area contributed by atoms with Crippen molar-refractivity contribution in [1.29, 1.82) is 0 Å². The summed E-state index contributed by atoms with van der Waals surface area (Å²) in [4.78, 5) is 15.3. The molecule has 0 spiro atoms. The molecule has 1 unspecified atom stereocenters. The van der Waals surface area contributed by atoms with Crippen LogP contribution in [0.1, 0.15) is 103 Å². The monoisotopic (exact) mass is 563 g/mol. The Bertz CT molecular complexity index is 998. The van der Waals surface area contributed by atoms with Crippen molar-refractivity contribution in [2.24, 2.45) is 5.92 Å². The van der Waals surface area contributed by atoms with Crippen LogP contribution in [0.3, 0.4) is 0 Å². The average Bonchev–Trinajstić information content (AvgIpc) is 3.30. The van der Waals surface area contributed by atoms with E-state index in [1.54, 1.807) is 4.90 Å². The minimum absolute atomic E-state index is 0.0134. The van der Waals surface area contributed by atoms with Crippen LogP contribution in [0.5, 0.6) is 0 Å². The summed E-state index contributed by atoms with van der Waals surface area (Å²) < 4.78 is 12.3. The molecule has 0 saturated carbocycles. The molecule has 2 aromatic carbocycles. The van der Waals surface area contributed by atoms with E-state index in [1.165, 1.54) is 44.9 Å². The summed E-state index contributed by atoms with van der Waals surface area (Å²) in [5.41, 5.74) is 1.17. The van der Waals surface area contributed by atoms with E-state index >= 15 is 0 Å². The Morgan fingerprint density at radius 3 is 1.98 bits per heavy atom. The molecule has 2 aromatic rings. The first-order chi connectivity index (χ1) is 19.5. The van der Waals surface area contributed by atoms with Crippen molar-refractivity contribution < 1.29 is 14.3 Å². The standard InChI is InChI=1S/C35H49NO3S/c1-4-5-6-11-20-27-38-28-21-12-9-7-8-10-19-26-32(37)36-33(29(2)3)35(39-34(36)40,30-22-15-13-16-23-30)31-24-17-14-18-25-31/h10,13-19,22-25,29,33H,4-9,11-12,20-21,26-28H2,1-3H3. The zero-order valence-electron chi connectivity index (χ0n) is 24.9. The fourth-order valence-electron chi connectivity index (χ4n) is 5.69. The van der Waals surface area contributed by atoms with Gasteiger partial charge in [0.1, 0.15) is 0 Å². The molecule has 1 amide bonds. The third-order valence-corrected chi connectivity index (χ3v) is 7.99. The Hall–Kier alpha value is -2.50. The van der Waals surface area contributed by atoms with Gasteiger partial charge < -0.3 is 9.47 Å². The molecule has 218 valence electrons. The number of rotatable bonds is 18. The first-order valence-electron chi connectivity index (χ1n) is 15.4. The molecule has 3 rings (SSSR count). The lowest BCUT2D eigenvalue weighted by molar-refractivity contribution is -0.128.